The maximum atomic E-state index is 11.7. The minimum absolute atomic E-state index is 0.0367. The van der Waals surface area contributed by atoms with Crippen molar-refractivity contribution < 1.29 is 9.63 Å². The monoisotopic (exact) mass is 234 g/mol. The van der Waals surface area contributed by atoms with Crippen molar-refractivity contribution in [2.75, 3.05) is 21.2 Å². The van der Waals surface area contributed by atoms with Crippen LogP contribution < -0.4 is 0 Å². The molecule has 1 aromatic carbocycles. The first-order valence-corrected chi connectivity index (χ1v) is 5.41. The molecule has 0 N–H and O–H groups in total. The van der Waals surface area contributed by atoms with E-state index in [-0.39, 0.29) is 5.78 Å². The number of Topliss-reactive ketones (excluding diaryl/α,β-unsaturated/α-hetero) is 1. The minimum Gasteiger partial charge on any atom is -0.399 e. The average Bonchev–Trinajstić information content (AvgIpc) is 2.28. The first kappa shape index (κ1) is 13.4. The first-order valence-electron chi connectivity index (χ1n) is 5.41. The van der Waals surface area contributed by atoms with Gasteiger partial charge in [0.05, 0.1) is 0 Å². The Hall–Kier alpha value is -1.68. The normalized spacial score (nSPS) is 13.6. The van der Waals surface area contributed by atoms with Crippen LogP contribution in [0.2, 0.25) is 0 Å². The van der Waals surface area contributed by atoms with Crippen LogP contribution >= 0.6 is 0 Å². The Balaban J connectivity index is 3.17. The Morgan fingerprint density at radius 1 is 1.29 bits per heavy atom. The molecule has 1 atom stereocenters. The van der Waals surface area contributed by atoms with Gasteiger partial charge in [-0.2, -0.15) is 0 Å². The fraction of sp³-hybridized carbons (Fsp3) is 0.385. The number of carbonyl (C=O) groups is 1. The lowest BCUT2D eigenvalue weighted by molar-refractivity contribution is -0.119. The number of rotatable bonds is 5. The third-order valence-corrected chi connectivity index (χ3v) is 2.42. The molecule has 4 nitrogen and oxygen atoms in total. The molecule has 0 amide bonds. The summed E-state index contributed by atoms with van der Waals surface area (Å²) in [5.41, 5.74) is 1.52. The zero-order valence-corrected chi connectivity index (χ0v) is 10.7. The summed E-state index contributed by atoms with van der Waals surface area (Å²) in [7, 11) is 5.18. The summed E-state index contributed by atoms with van der Waals surface area (Å²) in [6, 6.07) is 9.18. The van der Waals surface area contributed by atoms with E-state index in [0.717, 1.165) is 5.56 Å². The van der Waals surface area contributed by atoms with E-state index in [9.17, 15) is 4.79 Å². The van der Waals surface area contributed by atoms with E-state index >= 15 is 0 Å². The molecule has 4 heteroatoms. The highest BCUT2D eigenvalue weighted by Gasteiger charge is 2.25. The lowest BCUT2D eigenvalue weighted by Crippen LogP contribution is -2.42. The summed E-state index contributed by atoms with van der Waals surface area (Å²) in [5.74, 6) is 0.0367. The summed E-state index contributed by atoms with van der Waals surface area (Å²) in [6.45, 7) is 1.55. The zero-order chi connectivity index (χ0) is 12.8. The van der Waals surface area contributed by atoms with Gasteiger partial charge in [-0.3, -0.25) is 9.69 Å². The molecule has 0 radical (unpaired) electrons. The molecule has 0 saturated carbocycles. The van der Waals surface area contributed by atoms with Crippen LogP contribution in [-0.2, 0) is 9.63 Å². The van der Waals surface area contributed by atoms with Gasteiger partial charge < -0.3 is 4.84 Å². The van der Waals surface area contributed by atoms with E-state index in [1.54, 1.807) is 6.92 Å². The summed E-state index contributed by atoms with van der Waals surface area (Å²) in [4.78, 5) is 18.4. The Morgan fingerprint density at radius 3 is 2.29 bits per heavy atom. The number of carbonyl (C=O) groups excluding carboxylic acids is 1. The van der Waals surface area contributed by atoms with Gasteiger partial charge in [0.2, 0.25) is 0 Å². The topological polar surface area (TPSA) is 41.9 Å². The van der Waals surface area contributed by atoms with E-state index in [1.165, 1.54) is 7.11 Å². The lowest BCUT2D eigenvalue weighted by Gasteiger charge is -2.22. The molecule has 17 heavy (non-hydrogen) atoms. The number of hydrogen-bond acceptors (Lipinski definition) is 4. The van der Waals surface area contributed by atoms with Gasteiger partial charge in [0.25, 0.3) is 0 Å². The number of nitrogens with zero attached hydrogens (tertiary/aromatic N) is 2. The van der Waals surface area contributed by atoms with Crippen molar-refractivity contribution >= 4 is 11.5 Å². The molecule has 0 heterocycles. The maximum absolute atomic E-state index is 11.7. The fourth-order valence-corrected chi connectivity index (χ4v) is 1.77. The smallest absolute Gasteiger partial charge is 0.153 e. The predicted octanol–water partition coefficient (Wildman–Crippen LogP) is 1.56. The van der Waals surface area contributed by atoms with Gasteiger partial charge in [-0.25, -0.2) is 0 Å². The van der Waals surface area contributed by atoms with Gasteiger partial charge in [-0.15, -0.1) is 0 Å². The molecule has 0 aromatic heterocycles. The van der Waals surface area contributed by atoms with Gasteiger partial charge in [0.1, 0.15) is 18.9 Å². The van der Waals surface area contributed by atoms with E-state index in [4.69, 9.17) is 4.84 Å². The molecule has 0 aliphatic rings. The summed E-state index contributed by atoms with van der Waals surface area (Å²) < 4.78 is 0. The zero-order valence-electron chi connectivity index (χ0n) is 10.7. The number of likely N-dealkylation sites (N-methyl/N-ethyl adjacent to an activating group) is 1. The van der Waals surface area contributed by atoms with E-state index in [0.29, 0.717) is 5.71 Å². The predicted molar refractivity (Wildman–Crippen MR) is 68.1 cm³/mol. The third-order valence-electron chi connectivity index (χ3n) is 2.42. The lowest BCUT2D eigenvalue weighted by atomic mass is 10.00. The second kappa shape index (κ2) is 6.15. The summed E-state index contributed by atoms with van der Waals surface area (Å²) in [5, 5.41) is 3.99. The van der Waals surface area contributed by atoms with Crippen molar-refractivity contribution in [3.8, 4) is 0 Å². The summed E-state index contributed by atoms with van der Waals surface area (Å²) >= 11 is 0. The maximum Gasteiger partial charge on any atom is 0.153 e. The van der Waals surface area contributed by atoms with Crippen LogP contribution in [0.4, 0.5) is 0 Å². The Labute approximate surface area is 102 Å². The standard InChI is InChI=1S/C13H18N2O2/c1-10(16)13(15(2)3)12(14-17-4)11-8-6-5-7-9-11/h5-9,13H,1-4H3/b14-12+. The van der Waals surface area contributed by atoms with Crippen LogP contribution in [0.5, 0.6) is 0 Å². The van der Waals surface area contributed by atoms with Crippen LogP contribution in [0.25, 0.3) is 0 Å². The largest absolute Gasteiger partial charge is 0.399 e. The average molecular weight is 234 g/mol. The molecule has 1 aromatic rings. The van der Waals surface area contributed by atoms with Crippen molar-refractivity contribution in [1.29, 1.82) is 0 Å². The molecule has 1 rings (SSSR count). The minimum atomic E-state index is -0.391. The SMILES string of the molecule is CO/N=C(\c1ccccc1)C(C(C)=O)N(C)C. The molecule has 0 fully saturated rings. The second-order valence-corrected chi connectivity index (χ2v) is 4.00. The number of ketones is 1. The van der Waals surface area contributed by atoms with Gasteiger partial charge in [0.15, 0.2) is 5.78 Å². The van der Waals surface area contributed by atoms with Gasteiger partial charge in [0, 0.05) is 5.56 Å². The summed E-state index contributed by atoms with van der Waals surface area (Å²) in [6.07, 6.45) is 0. The molecule has 0 bridgehead atoms. The van der Waals surface area contributed by atoms with Gasteiger partial charge in [-0.1, -0.05) is 35.5 Å². The number of oxime groups is 1. The van der Waals surface area contributed by atoms with Crippen molar-refractivity contribution in [2.45, 2.75) is 13.0 Å². The molecular weight excluding hydrogens is 216 g/mol. The Kier molecular flexibility index (Phi) is 4.84. The quantitative estimate of drug-likeness (QED) is 0.573. The van der Waals surface area contributed by atoms with Gasteiger partial charge in [-0.05, 0) is 21.0 Å². The number of benzene rings is 1. The van der Waals surface area contributed by atoms with E-state index in [2.05, 4.69) is 5.16 Å². The highest BCUT2D eigenvalue weighted by atomic mass is 16.6. The first-order chi connectivity index (χ1) is 8.07. The molecule has 0 spiro atoms. The van der Waals surface area contributed by atoms with Crippen molar-refractivity contribution in [3.05, 3.63) is 35.9 Å². The molecule has 1 unspecified atom stereocenters. The van der Waals surface area contributed by atoms with Crippen LogP contribution in [0.1, 0.15) is 12.5 Å². The molecule has 0 aliphatic heterocycles. The molecule has 0 saturated heterocycles. The fourth-order valence-electron chi connectivity index (χ4n) is 1.77. The Bertz CT molecular complexity index is 399. The van der Waals surface area contributed by atoms with Crippen LogP contribution in [0.3, 0.4) is 0 Å². The van der Waals surface area contributed by atoms with E-state index < -0.39 is 6.04 Å². The van der Waals surface area contributed by atoms with E-state index in [1.807, 2.05) is 49.3 Å². The van der Waals surface area contributed by atoms with Crippen LogP contribution in [0.15, 0.2) is 35.5 Å². The number of hydrogen-bond donors (Lipinski definition) is 0. The molecular formula is C13H18N2O2. The second-order valence-electron chi connectivity index (χ2n) is 4.00. The van der Waals surface area contributed by atoms with Crippen LogP contribution in [0, 0.1) is 0 Å². The van der Waals surface area contributed by atoms with Crippen molar-refractivity contribution in [3.63, 3.8) is 0 Å². The third kappa shape index (κ3) is 3.39. The molecule has 92 valence electrons. The molecule has 0 aliphatic carbocycles. The Morgan fingerprint density at radius 2 is 1.88 bits per heavy atom. The highest BCUT2D eigenvalue weighted by molar-refractivity contribution is 6.16. The highest BCUT2D eigenvalue weighted by Crippen LogP contribution is 2.10. The van der Waals surface area contributed by atoms with Crippen molar-refractivity contribution in [1.82, 2.24) is 4.90 Å². The van der Waals surface area contributed by atoms with Gasteiger partial charge >= 0.3 is 0 Å². The van der Waals surface area contributed by atoms with Crippen molar-refractivity contribution in [2.24, 2.45) is 5.16 Å². The van der Waals surface area contributed by atoms with Crippen LogP contribution in [-0.4, -0.2) is 43.6 Å².